The molecule has 1 atom stereocenters. The largest absolute Gasteiger partial charge is 0.450 e. The molecule has 0 bridgehead atoms. The zero-order valence-corrected chi connectivity index (χ0v) is 27.1. The topological polar surface area (TPSA) is 53.5 Å². The number of benzene rings is 3. The second kappa shape index (κ2) is 20.9. The van der Waals surface area contributed by atoms with Crippen LogP contribution in [0.5, 0.6) is 0 Å². The first-order valence-corrected chi connectivity index (χ1v) is 17.4. The number of rotatable bonds is 6. The Bertz CT molecular complexity index is 1220. The van der Waals surface area contributed by atoms with E-state index >= 15 is 0 Å². The van der Waals surface area contributed by atoms with Crippen LogP contribution in [0.4, 0.5) is 0 Å². The van der Waals surface area contributed by atoms with Crippen molar-refractivity contribution in [2.45, 2.75) is 19.6 Å². The van der Waals surface area contributed by atoms with E-state index in [4.69, 9.17) is 30.1 Å². The molecule has 0 aliphatic carbocycles. The Labute approximate surface area is 262 Å². The summed E-state index contributed by atoms with van der Waals surface area (Å²) >= 11 is -1.62. The van der Waals surface area contributed by atoms with E-state index in [9.17, 15) is 0 Å². The standard InChI is InChI=1S/3C10H9N2.3ClH.Cr.H3P/c3*1-2-4-10(5-3-1)8-12-7-6-11-9-12;;;;;/h3*1-7H,8H2;3*1H;;1H3/q3*-1;;;;+3;/p-3. The van der Waals surface area contributed by atoms with Crippen molar-refractivity contribution < 1.29 is 11.4 Å². The quantitative estimate of drug-likeness (QED) is 0.139. The summed E-state index contributed by atoms with van der Waals surface area (Å²) in [6.45, 7) is 2.54. The van der Waals surface area contributed by atoms with Crippen molar-refractivity contribution >= 4 is 40.0 Å². The molecule has 0 spiro atoms. The van der Waals surface area contributed by atoms with Gasteiger partial charge in [-0.15, -0.1) is 37.2 Å². The third-order valence-electron chi connectivity index (χ3n) is 5.11. The van der Waals surface area contributed by atoms with Crippen LogP contribution in [0.15, 0.2) is 128 Å². The molecule has 3 aromatic heterocycles. The molecule has 0 saturated heterocycles. The van der Waals surface area contributed by atoms with Crippen LogP contribution < -0.4 is 0 Å². The zero-order chi connectivity index (χ0) is 28.3. The minimum atomic E-state index is -1.62. The van der Waals surface area contributed by atoms with Gasteiger partial charge in [0.05, 0.1) is 0 Å². The summed E-state index contributed by atoms with van der Waals surface area (Å²) < 4.78 is 5.78. The van der Waals surface area contributed by atoms with E-state index in [0.29, 0.717) is 0 Å². The van der Waals surface area contributed by atoms with Crippen molar-refractivity contribution in [2.75, 3.05) is 0 Å². The summed E-state index contributed by atoms with van der Waals surface area (Å²) in [6.07, 6.45) is 19.5. The van der Waals surface area contributed by atoms with Crippen molar-refractivity contribution in [2.24, 2.45) is 0 Å². The van der Waals surface area contributed by atoms with Gasteiger partial charge in [-0.1, -0.05) is 91.0 Å². The van der Waals surface area contributed by atoms with Crippen LogP contribution in [0.3, 0.4) is 0 Å². The third-order valence-corrected chi connectivity index (χ3v) is 5.11. The molecule has 0 radical (unpaired) electrons. The summed E-state index contributed by atoms with van der Waals surface area (Å²) in [4.78, 5) is 11.6. The number of halogens is 3. The van der Waals surface area contributed by atoms with Crippen molar-refractivity contribution in [1.82, 2.24) is 28.7 Å². The monoisotopic (exact) mass is 662 g/mol. The molecule has 0 fully saturated rings. The maximum Gasteiger partial charge on any atom is 0.0247 e. The zero-order valence-electron chi connectivity index (χ0n) is 22.2. The molecule has 6 aromatic rings. The van der Waals surface area contributed by atoms with Crippen molar-refractivity contribution in [1.29, 1.82) is 0 Å². The third kappa shape index (κ3) is 15.6. The first-order valence-electron chi connectivity index (χ1n) is 12.1. The maximum atomic E-state index is 4.93. The van der Waals surface area contributed by atoms with E-state index in [1.807, 2.05) is 86.9 Å². The second-order valence-corrected chi connectivity index (χ2v) is 14.4. The predicted octanol–water partition coefficient (Wildman–Crippen LogP) is 7.32. The van der Waals surface area contributed by atoms with E-state index in [1.54, 1.807) is 18.6 Å². The van der Waals surface area contributed by atoms with Crippen molar-refractivity contribution in [3.63, 3.8) is 0 Å². The molecule has 3 heterocycles. The number of hydrogen-bond donors (Lipinski definition) is 0. The van der Waals surface area contributed by atoms with Gasteiger partial charge in [-0.25, -0.2) is 0 Å². The Balaban J connectivity index is 0.000000200. The molecular formula is C30H30Cl3CrN6P-3. The molecule has 11 heteroatoms. The van der Waals surface area contributed by atoms with E-state index in [2.05, 4.69) is 70.3 Å². The smallest absolute Gasteiger partial charge is 0.0247 e. The van der Waals surface area contributed by atoms with E-state index < -0.39 is 11.4 Å². The summed E-state index contributed by atoms with van der Waals surface area (Å²) in [5.41, 5.74) is 3.81. The minimum Gasteiger partial charge on any atom is -0.450 e. The van der Waals surface area contributed by atoms with Crippen LogP contribution in [0.25, 0.3) is 0 Å². The fourth-order valence-corrected chi connectivity index (χ4v) is 3.37. The van der Waals surface area contributed by atoms with E-state index in [1.165, 1.54) is 16.7 Å². The second-order valence-electron chi connectivity index (χ2n) is 8.10. The van der Waals surface area contributed by atoms with Crippen LogP contribution in [-0.2, 0) is 31.0 Å². The summed E-state index contributed by atoms with van der Waals surface area (Å²) in [5.74, 6) is 0. The van der Waals surface area contributed by atoms with Gasteiger partial charge < -0.3 is 28.7 Å². The Morgan fingerprint density at radius 3 is 0.927 bits per heavy atom. The Kier molecular flexibility index (Phi) is 17.5. The Hall–Kier alpha value is -2.88. The molecule has 6 nitrogen and oxygen atoms in total. The van der Waals surface area contributed by atoms with Gasteiger partial charge >= 0.3 is 41.5 Å². The molecule has 3 aromatic carbocycles. The van der Waals surface area contributed by atoms with Gasteiger partial charge in [0, 0.05) is 38.6 Å². The van der Waals surface area contributed by atoms with Gasteiger partial charge in [0.25, 0.3) is 0 Å². The molecule has 41 heavy (non-hydrogen) atoms. The van der Waals surface area contributed by atoms with Gasteiger partial charge in [0.15, 0.2) is 0 Å². The average molecular weight is 664 g/mol. The predicted molar refractivity (Wildman–Crippen MR) is 168 cm³/mol. The van der Waals surface area contributed by atoms with Gasteiger partial charge in [-0.3, -0.25) is 0 Å². The molecule has 1 unspecified atom stereocenters. The van der Waals surface area contributed by atoms with E-state index in [-0.39, 0.29) is 9.90 Å². The van der Waals surface area contributed by atoms with E-state index in [0.717, 1.165) is 19.6 Å². The van der Waals surface area contributed by atoms with Gasteiger partial charge in [0.2, 0.25) is 0 Å². The van der Waals surface area contributed by atoms with Gasteiger partial charge in [-0.05, 0) is 16.7 Å². The summed E-state index contributed by atoms with van der Waals surface area (Å²) in [6, 6.07) is 30.8. The van der Waals surface area contributed by atoms with Crippen LogP contribution in [0.1, 0.15) is 16.7 Å². The van der Waals surface area contributed by atoms with Gasteiger partial charge in [-0.2, -0.15) is 9.90 Å². The molecule has 6 rings (SSSR count). The summed E-state index contributed by atoms with van der Waals surface area (Å²) in [5, 5.41) is 0. The molecule has 215 valence electrons. The number of imidazole rings is 3. The van der Waals surface area contributed by atoms with Crippen LogP contribution in [-0.4, -0.2) is 28.7 Å². The molecule has 0 aliphatic heterocycles. The normalized spacial score (nSPS) is 9.66. The first kappa shape index (κ1) is 34.3. The molecular weight excluding hydrogens is 634 g/mol. The fourth-order valence-electron chi connectivity index (χ4n) is 3.37. The minimum absolute atomic E-state index is 0. The van der Waals surface area contributed by atoms with Crippen molar-refractivity contribution in [3.8, 4) is 0 Å². The molecule has 0 aliphatic rings. The maximum absolute atomic E-state index is 4.93. The van der Waals surface area contributed by atoms with Gasteiger partial charge in [0.1, 0.15) is 0 Å². The molecule has 0 amide bonds. The fraction of sp³-hybridized carbons (Fsp3) is 0.100. The van der Waals surface area contributed by atoms with Crippen LogP contribution in [0, 0.1) is 19.0 Å². The average Bonchev–Trinajstić information content (AvgIpc) is 3.77. The number of aromatic nitrogens is 6. The van der Waals surface area contributed by atoms with Crippen molar-refractivity contribution in [3.05, 3.63) is 164 Å². The molecule has 0 N–H and O–H groups in total. The first-order chi connectivity index (χ1) is 19.6. The molecule has 0 saturated carbocycles. The Morgan fingerprint density at radius 1 is 0.488 bits per heavy atom. The Morgan fingerprint density at radius 2 is 0.732 bits per heavy atom. The van der Waals surface area contributed by atoms with Crippen LogP contribution in [0.2, 0.25) is 0 Å². The van der Waals surface area contributed by atoms with Crippen LogP contribution >= 0.6 is 40.0 Å². The number of hydrogen-bond acceptors (Lipinski definition) is 3. The summed E-state index contributed by atoms with van der Waals surface area (Å²) in [7, 11) is 14.8. The SMILES string of the molecule is P.[Cl][Cr]([Cl])[Cl].[c-]1nccn1Cc1ccccc1.[c-]1nccn1Cc1ccccc1.[c-]1nccn1Cc1ccccc1. The number of nitrogens with zero attached hydrogens (tertiary/aromatic N) is 6.